The molecule has 0 fully saturated rings. The number of aliphatic hydroxyl groups is 2. The molecule has 2 nitrogen and oxygen atoms in total. The molecule has 0 aliphatic carbocycles. The highest BCUT2D eigenvalue weighted by Crippen LogP contribution is 2.24. The molecule has 0 amide bonds. The van der Waals surface area contributed by atoms with E-state index in [-0.39, 0.29) is 24.5 Å². The topological polar surface area (TPSA) is 40.5 Å². The van der Waals surface area contributed by atoms with E-state index in [0.717, 1.165) is 6.07 Å². The van der Waals surface area contributed by atoms with Gasteiger partial charge in [0.2, 0.25) is 0 Å². The summed E-state index contributed by atoms with van der Waals surface area (Å²) >= 11 is 0. The van der Waals surface area contributed by atoms with Crippen molar-refractivity contribution < 1.29 is 19.0 Å². The van der Waals surface area contributed by atoms with Crippen molar-refractivity contribution in [3.05, 3.63) is 35.4 Å². The molecule has 1 aromatic carbocycles. The minimum Gasteiger partial charge on any atom is -0.394 e. The molecule has 0 aliphatic heterocycles. The second kappa shape index (κ2) is 5.19. The molecule has 0 spiro atoms. The smallest absolute Gasteiger partial charge is 0.162 e. The van der Waals surface area contributed by atoms with E-state index in [1.165, 1.54) is 12.1 Å². The number of aliphatic hydroxyl groups excluding tert-OH is 2. The van der Waals surface area contributed by atoms with Gasteiger partial charge in [0.15, 0.2) is 11.6 Å². The van der Waals surface area contributed by atoms with E-state index in [0.29, 0.717) is 0 Å². The van der Waals surface area contributed by atoms with Gasteiger partial charge in [-0.15, -0.1) is 0 Å². The highest BCUT2D eigenvalue weighted by Gasteiger charge is 2.16. The van der Waals surface area contributed by atoms with Crippen molar-refractivity contribution in [2.75, 3.05) is 6.61 Å². The molecule has 84 valence electrons. The molecule has 0 saturated carbocycles. The molecule has 0 aromatic heterocycles. The summed E-state index contributed by atoms with van der Waals surface area (Å²) in [7, 11) is 0. The second-order valence-electron chi connectivity index (χ2n) is 3.62. The highest BCUT2D eigenvalue weighted by atomic mass is 19.2. The van der Waals surface area contributed by atoms with Gasteiger partial charge < -0.3 is 10.2 Å². The molecule has 0 heterocycles. The van der Waals surface area contributed by atoms with E-state index in [4.69, 9.17) is 5.11 Å². The molecule has 4 heteroatoms. The van der Waals surface area contributed by atoms with E-state index < -0.39 is 17.7 Å². The van der Waals surface area contributed by atoms with Gasteiger partial charge >= 0.3 is 0 Å². The average Bonchev–Trinajstić information content (AvgIpc) is 2.21. The zero-order valence-corrected chi connectivity index (χ0v) is 8.45. The van der Waals surface area contributed by atoms with Crippen LogP contribution in [0, 0.1) is 11.6 Å². The Morgan fingerprint density at radius 3 is 2.60 bits per heavy atom. The van der Waals surface area contributed by atoms with E-state index in [1.54, 1.807) is 6.92 Å². The molecular formula is C11H14F2O2. The van der Waals surface area contributed by atoms with Gasteiger partial charge in [-0.2, -0.15) is 0 Å². The van der Waals surface area contributed by atoms with Crippen LogP contribution in [0.4, 0.5) is 8.78 Å². The van der Waals surface area contributed by atoms with Crippen molar-refractivity contribution in [3.63, 3.8) is 0 Å². The maximum atomic E-state index is 13.3. The lowest BCUT2D eigenvalue weighted by Crippen LogP contribution is -2.15. The predicted molar refractivity (Wildman–Crippen MR) is 52.5 cm³/mol. The second-order valence-corrected chi connectivity index (χ2v) is 3.62. The quantitative estimate of drug-likeness (QED) is 0.805. The van der Waals surface area contributed by atoms with Gasteiger partial charge in [-0.1, -0.05) is 19.1 Å². The molecule has 1 aromatic rings. The first-order valence-corrected chi connectivity index (χ1v) is 4.79. The Morgan fingerprint density at radius 1 is 1.33 bits per heavy atom. The normalized spacial score (nSPS) is 15.0. The summed E-state index contributed by atoms with van der Waals surface area (Å²) in [5, 5.41) is 17.8. The van der Waals surface area contributed by atoms with Crippen molar-refractivity contribution in [2.24, 2.45) is 0 Å². The molecule has 0 radical (unpaired) electrons. The maximum absolute atomic E-state index is 13.3. The van der Waals surface area contributed by atoms with Crippen LogP contribution >= 0.6 is 0 Å². The first kappa shape index (κ1) is 12.1. The van der Waals surface area contributed by atoms with Gasteiger partial charge in [0.1, 0.15) is 0 Å². The van der Waals surface area contributed by atoms with Crippen LogP contribution in [0.1, 0.15) is 24.8 Å². The molecule has 0 saturated heterocycles. The van der Waals surface area contributed by atoms with Crippen LogP contribution in [0.25, 0.3) is 0 Å². The van der Waals surface area contributed by atoms with E-state index >= 15 is 0 Å². The Labute approximate surface area is 87.2 Å². The minimum absolute atomic E-state index is 0.205. The predicted octanol–water partition coefficient (Wildman–Crippen LogP) is 1.81. The lowest BCUT2D eigenvalue weighted by Gasteiger charge is -2.15. The highest BCUT2D eigenvalue weighted by molar-refractivity contribution is 5.22. The zero-order valence-electron chi connectivity index (χ0n) is 8.45. The summed E-state index contributed by atoms with van der Waals surface area (Å²) in [5.74, 6) is -2.10. The third-order valence-corrected chi connectivity index (χ3v) is 2.35. The third kappa shape index (κ3) is 2.97. The molecule has 2 unspecified atom stereocenters. The number of hydrogen-bond donors (Lipinski definition) is 2. The Balaban J connectivity index is 2.82. The van der Waals surface area contributed by atoms with Crippen LogP contribution in [-0.4, -0.2) is 22.9 Å². The summed E-state index contributed by atoms with van der Waals surface area (Å²) in [6.07, 6.45) is -0.695. The Morgan fingerprint density at radius 2 is 2.00 bits per heavy atom. The van der Waals surface area contributed by atoms with Crippen molar-refractivity contribution >= 4 is 0 Å². The van der Waals surface area contributed by atoms with Crippen molar-refractivity contribution in [1.82, 2.24) is 0 Å². The van der Waals surface area contributed by atoms with Crippen molar-refractivity contribution in [1.29, 1.82) is 0 Å². The first-order chi connectivity index (χ1) is 7.06. The van der Waals surface area contributed by atoms with Gasteiger partial charge in [0.25, 0.3) is 0 Å². The van der Waals surface area contributed by atoms with E-state index in [2.05, 4.69) is 0 Å². The van der Waals surface area contributed by atoms with Gasteiger partial charge in [0.05, 0.1) is 12.7 Å². The summed E-state index contributed by atoms with van der Waals surface area (Å²) in [4.78, 5) is 0. The molecular weight excluding hydrogens is 202 g/mol. The van der Waals surface area contributed by atoms with Crippen LogP contribution in [-0.2, 0) is 0 Å². The Kier molecular flexibility index (Phi) is 4.17. The summed E-state index contributed by atoms with van der Waals surface area (Å²) in [6, 6.07) is 3.96. The fourth-order valence-electron chi connectivity index (χ4n) is 1.51. The standard InChI is InChI=1S/C11H14F2O2/c1-7(5-8(15)6-14)9-3-2-4-10(12)11(9)13/h2-4,7-8,14-15H,5-6H2,1H3. The van der Waals surface area contributed by atoms with Crippen LogP contribution in [0.2, 0.25) is 0 Å². The van der Waals surface area contributed by atoms with Gasteiger partial charge in [-0.25, -0.2) is 8.78 Å². The maximum Gasteiger partial charge on any atom is 0.162 e. The zero-order chi connectivity index (χ0) is 11.4. The fraction of sp³-hybridized carbons (Fsp3) is 0.455. The summed E-state index contributed by atoms with van der Waals surface area (Å²) < 4.78 is 26.2. The van der Waals surface area contributed by atoms with Crippen LogP contribution in [0.5, 0.6) is 0 Å². The van der Waals surface area contributed by atoms with Crippen molar-refractivity contribution in [2.45, 2.75) is 25.4 Å². The molecule has 0 bridgehead atoms. The van der Waals surface area contributed by atoms with Gasteiger partial charge in [0, 0.05) is 0 Å². The van der Waals surface area contributed by atoms with Crippen molar-refractivity contribution in [3.8, 4) is 0 Å². The van der Waals surface area contributed by atoms with Gasteiger partial charge in [-0.05, 0) is 24.0 Å². The summed E-state index contributed by atoms with van der Waals surface area (Å²) in [6.45, 7) is 1.30. The molecule has 2 N–H and O–H groups in total. The Bertz CT molecular complexity index is 328. The Hall–Kier alpha value is -1.00. The average molecular weight is 216 g/mol. The van der Waals surface area contributed by atoms with Gasteiger partial charge in [-0.3, -0.25) is 0 Å². The molecule has 2 atom stereocenters. The minimum atomic E-state index is -0.900. The molecule has 1 rings (SSSR count). The summed E-state index contributed by atoms with van der Waals surface area (Å²) in [5.41, 5.74) is 0.225. The van der Waals surface area contributed by atoms with E-state index in [1.807, 2.05) is 0 Å². The van der Waals surface area contributed by atoms with Crippen LogP contribution in [0.15, 0.2) is 18.2 Å². The van der Waals surface area contributed by atoms with Crippen LogP contribution < -0.4 is 0 Å². The third-order valence-electron chi connectivity index (χ3n) is 2.35. The lowest BCUT2D eigenvalue weighted by molar-refractivity contribution is 0.0832. The molecule has 15 heavy (non-hydrogen) atoms. The first-order valence-electron chi connectivity index (χ1n) is 4.79. The van der Waals surface area contributed by atoms with E-state index in [9.17, 15) is 13.9 Å². The monoisotopic (exact) mass is 216 g/mol. The largest absolute Gasteiger partial charge is 0.394 e. The number of hydrogen-bond acceptors (Lipinski definition) is 2. The lowest BCUT2D eigenvalue weighted by atomic mass is 9.94. The SMILES string of the molecule is CC(CC(O)CO)c1cccc(F)c1F. The number of halogens is 2. The van der Waals surface area contributed by atoms with Crippen LogP contribution in [0.3, 0.4) is 0 Å². The molecule has 0 aliphatic rings. The number of rotatable bonds is 4. The number of benzene rings is 1. The fourth-order valence-corrected chi connectivity index (χ4v) is 1.51.